The molecule has 0 saturated heterocycles. The molecule has 0 unspecified atom stereocenters. The molecule has 4 rings (SSSR count). The van der Waals surface area contributed by atoms with E-state index in [1.54, 1.807) is 17.5 Å². The quantitative estimate of drug-likeness (QED) is 0.499. The number of hydrogen-bond donors (Lipinski definition) is 2. The topological polar surface area (TPSA) is 81.6 Å². The van der Waals surface area contributed by atoms with Crippen molar-refractivity contribution in [1.82, 2.24) is 19.7 Å². The van der Waals surface area contributed by atoms with Gasteiger partial charge in [-0.3, -0.25) is 4.68 Å². The summed E-state index contributed by atoms with van der Waals surface area (Å²) >= 11 is 1.71. The molecule has 0 aliphatic heterocycles. The van der Waals surface area contributed by atoms with E-state index < -0.39 is 0 Å². The van der Waals surface area contributed by atoms with Crippen LogP contribution in [-0.4, -0.2) is 26.3 Å². The standard InChI is InChI=1S/C21H24N6S/c1-14-15(2)28-21-19(14)20(25-18(26-21)9-10-22)24-17(13-27-12-6-11-23-27)16-7-4-3-5-8-16/h3-8,11-12,17H,9-10,13,22H2,1-2H3,(H,24,25,26)/t17-/m1/s1. The highest BCUT2D eigenvalue weighted by Gasteiger charge is 2.19. The average Bonchev–Trinajstić information content (AvgIpc) is 3.30. The second-order valence-corrected chi connectivity index (χ2v) is 8.03. The van der Waals surface area contributed by atoms with Crippen molar-refractivity contribution in [1.29, 1.82) is 0 Å². The molecule has 144 valence electrons. The van der Waals surface area contributed by atoms with Crippen molar-refractivity contribution >= 4 is 27.4 Å². The normalized spacial score (nSPS) is 12.4. The second kappa shape index (κ2) is 8.08. The maximum atomic E-state index is 5.76. The highest BCUT2D eigenvalue weighted by atomic mass is 32.1. The van der Waals surface area contributed by atoms with E-state index in [4.69, 9.17) is 15.7 Å². The van der Waals surface area contributed by atoms with Crippen LogP contribution in [0.15, 0.2) is 48.8 Å². The van der Waals surface area contributed by atoms with Crippen molar-refractivity contribution < 1.29 is 0 Å². The fraction of sp³-hybridized carbons (Fsp3) is 0.286. The van der Waals surface area contributed by atoms with E-state index in [1.807, 2.05) is 23.0 Å². The van der Waals surface area contributed by atoms with Crippen LogP contribution in [0.1, 0.15) is 27.9 Å². The van der Waals surface area contributed by atoms with Crippen molar-refractivity contribution in [2.75, 3.05) is 11.9 Å². The lowest BCUT2D eigenvalue weighted by atomic mass is 10.1. The molecule has 1 aromatic carbocycles. The number of fused-ring (bicyclic) bond motifs is 1. The molecule has 3 heterocycles. The molecule has 3 aromatic heterocycles. The van der Waals surface area contributed by atoms with Crippen molar-refractivity contribution in [3.63, 3.8) is 0 Å². The van der Waals surface area contributed by atoms with Gasteiger partial charge in [0.2, 0.25) is 0 Å². The third-order valence-corrected chi connectivity index (χ3v) is 5.99. The summed E-state index contributed by atoms with van der Waals surface area (Å²) in [5.41, 5.74) is 8.18. The highest BCUT2D eigenvalue weighted by molar-refractivity contribution is 7.18. The van der Waals surface area contributed by atoms with Crippen molar-refractivity contribution in [2.24, 2.45) is 5.73 Å². The number of hydrogen-bond acceptors (Lipinski definition) is 6. The lowest BCUT2D eigenvalue weighted by molar-refractivity contribution is 0.550. The summed E-state index contributed by atoms with van der Waals surface area (Å²) in [5.74, 6) is 1.65. The maximum Gasteiger partial charge on any atom is 0.139 e. The van der Waals surface area contributed by atoms with Crippen LogP contribution >= 0.6 is 11.3 Å². The minimum atomic E-state index is 0.0320. The molecule has 7 heteroatoms. The van der Waals surface area contributed by atoms with Crippen LogP contribution in [0.2, 0.25) is 0 Å². The van der Waals surface area contributed by atoms with Crippen molar-refractivity contribution in [3.8, 4) is 0 Å². The Hall–Kier alpha value is -2.77. The number of aryl methyl sites for hydroxylation is 2. The van der Waals surface area contributed by atoms with Gasteiger partial charge < -0.3 is 11.1 Å². The predicted molar refractivity (Wildman–Crippen MR) is 115 cm³/mol. The maximum absolute atomic E-state index is 5.76. The van der Waals surface area contributed by atoms with Crippen LogP contribution in [0.5, 0.6) is 0 Å². The third-order valence-electron chi connectivity index (χ3n) is 4.88. The van der Waals surface area contributed by atoms with Crippen molar-refractivity contribution in [3.05, 3.63) is 70.6 Å². The SMILES string of the molecule is Cc1sc2nc(CCN)nc(N[C@H](Cn3cccn3)c3ccccc3)c2c1C. The van der Waals surface area contributed by atoms with Crippen LogP contribution in [0.4, 0.5) is 5.82 Å². The van der Waals surface area contributed by atoms with Gasteiger partial charge in [-0.15, -0.1) is 11.3 Å². The molecule has 0 aliphatic carbocycles. The first-order chi connectivity index (χ1) is 13.7. The lowest BCUT2D eigenvalue weighted by Gasteiger charge is -2.21. The Morgan fingerprint density at radius 1 is 1.14 bits per heavy atom. The summed E-state index contributed by atoms with van der Waals surface area (Å²) in [6, 6.07) is 12.4. The van der Waals surface area contributed by atoms with Crippen LogP contribution < -0.4 is 11.1 Å². The number of nitrogens with two attached hydrogens (primary N) is 1. The summed E-state index contributed by atoms with van der Waals surface area (Å²) in [7, 11) is 0. The number of nitrogens with zero attached hydrogens (tertiary/aromatic N) is 4. The summed E-state index contributed by atoms with van der Waals surface area (Å²) < 4.78 is 1.94. The molecule has 0 radical (unpaired) electrons. The van der Waals surface area contributed by atoms with E-state index in [2.05, 4.69) is 48.5 Å². The summed E-state index contributed by atoms with van der Waals surface area (Å²) in [6.45, 7) is 5.50. The second-order valence-electron chi connectivity index (χ2n) is 6.83. The first-order valence-electron chi connectivity index (χ1n) is 9.41. The molecule has 3 N–H and O–H groups in total. The Balaban J connectivity index is 1.78. The smallest absolute Gasteiger partial charge is 0.139 e. The third kappa shape index (κ3) is 3.76. The number of nitrogens with one attached hydrogen (secondary N) is 1. The van der Waals surface area contributed by atoms with Crippen LogP contribution in [0.3, 0.4) is 0 Å². The minimum Gasteiger partial charge on any atom is -0.361 e. The van der Waals surface area contributed by atoms with Crippen LogP contribution in [0.25, 0.3) is 10.2 Å². The Kier molecular flexibility index (Phi) is 5.36. The van der Waals surface area contributed by atoms with Gasteiger partial charge in [-0.25, -0.2) is 9.97 Å². The minimum absolute atomic E-state index is 0.0320. The molecular weight excluding hydrogens is 368 g/mol. The molecule has 0 saturated carbocycles. The van der Waals surface area contributed by atoms with E-state index in [0.29, 0.717) is 19.5 Å². The number of anilines is 1. The molecule has 1 atom stereocenters. The zero-order valence-corrected chi connectivity index (χ0v) is 16.9. The number of aromatic nitrogens is 4. The first-order valence-corrected chi connectivity index (χ1v) is 10.2. The Morgan fingerprint density at radius 3 is 2.68 bits per heavy atom. The van der Waals surface area contributed by atoms with E-state index >= 15 is 0 Å². The lowest BCUT2D eigenvalue weighted by Crippen LogP contribution is -2.19. The number of benzene rings is 1. The van der Waals surface area contributed by atoms with Gasteiger partial charge in [0.05, 0.1) is 18.0 Å². The summed E-state index contributed by atoms with van der Waals surface area (Å²) in [6.07, 6.45) is 4.44. The van der Waals surface area contributed by atoms with Gasteiger partial charge in [-0.05, 0) is 37.6 Å². The van der Waals surface area contributed by atoms with Gasteiger partial charge in [0.15, 0.2) is 0 Å². The molecule has 0 spiro atoms. The van der Waals surface area contributed by atoms with E-state index in [0.717, 1.165) is 21.9 Å². The Bertz CT molecular complexity index is 1060. The molecule has 0 amide bonds. The molecule has 0 fully saturated rings. The Labute approximate surface area is 168 Å². The molecule has 0 bridgehead atoms. The van der Waals surface area contributed by atoms with Gasteiger partial charge in [0, 0.05) is 23.7 Å². The number of rotatable bonds is 7. The molecule has 28 heavy (non-hydrogen) atoms. The van der Waals surface area contributed by atoms with E-state index in [1.165, 1.54) is 16.0 Å². The zero-order valence-electron chi connectivity index (χ0n) is 16.1. The monoisotopic (exact) mass is 392 g/mol. The molecular formula is C21H24N6S. The van der Waals surface area contributed by atoms with Crippen LogP contribution in [0, 0.1) is 13.8 Å². The number of thiophene rings is 1. The van der Waals surface area contributed by atoms with Gasteiger partial charge in [-0.2, -0.15) is 5.10 Å². The van der Waals surface area contributed by atoms with Gasteiger partial charge in [0.1, 0.15) is 16.5 Å². The molecule has 4 aromatic rings. The first kappa shape index (κ1) is 18.6. The average molecular weight is 393 g/mol. The Morgan fingerprint density at radius 2 is 1.96 bits per heavy atom. The van der Waals surface area contributed by atoms with Gasteiger partial charge >= 0.3 is 0 Å². The predicted octanol–water partition coefficient (Wildman–Crippen LogP) is 3.86. The van der Waals surface area contributed by atoms with E-state index in [9.17, 15) is 0 Å². The van der Waals surface area contributed by atoms with Crippen LogP contribution in [-0.2, 0) is 13.0 Å². The fourth-order valence-electron chi connectivity index (χ4n) is 3.32. The highest BCUT2D eigenvalue weighted by Crippen LogP contribution is 2.35. The summed E-state index contributed by atoms with van der Waals surface area (Å²) in [5, 5.41) is 9.17. The summed E-state index contributed by atoms with van der Waals surface area (Å²) in [4.78, 5) is 11.8. The van der Waals surface area contributed by atoms with Crippen molar-refractivity contribution in [2.45, 2.75) is 32.9 Å². The molecule has 0 aliphatic rings. The molecule has 6 nitrogen and oxygen atoms in total. The van der Waals surface area contributed by atoms with E-state index in [-0.39, 0.29) is 6.04 Å². The fourth-order valence-corrected chi connectivity index (χ4v) is 4.37. The van der Waals surface area contributed by atoms with Gasteiger partial charge in [0.25, 0.3) is 0 Å². The largest absolute Gasteiger partial charge is 0.361 e. The zero-order chi connectivity index (χ0) is 19.5. The van der Waals surface area contributed by atoms with Gasteiger partial charge in [-0.1, -0.05) is 30.3 Å².